The molecular formula is C27H29N3O7. The maximum atomic E-state index is 12.8. The van der Waals surface area contributed by atoms with E-state index in [9.17, 15) is 24.6 Å². The third kappa shape index (κ3) is 4.84. The van der Waals surface area contributed by atoms with Crippen LogP contribution in [0.25, 0.3) is 0 Å². The largest absolute Gasteiger partial charge is 0.504 e. The van der Waals surface area contributed by atoms with E-state index in [1.807, 2.05) is 10.6 Å². The Morgan fingerprint density at radius 3 is 2.73 bits per heavy atom. The number of fused-ring (bicyclic) bond motifs is 4. The highest BCUT2D eigenvalue weighted by molar-refractivity contribution is 5.75. The molecule has 194 valence electrons. The smallest absolute Gasteiger partial charge is 0.250 e. The number of hydrogen-bond acceptors (Lipinski definition) is 8. The molecule has 0 saturated carbocycles. The van der Waals surface area contributed by atoms with Gasteiger partial charge in [-0.25, -0.2) is 0 Å². The van der Waals surface area contributed by atoms with Crippen LogP contribution in [0.5, 0.6) is 17.2 Å². The van der Waals surface area contributed by atoms with E-state index < -0.39 is 23.0 Å². The number of nitrogens with zero attached hydrogens (tertiary/aromatic N) is 2. The fourth-order valence-electron chi connectivity index (χ4n) is 5.69. The lowest BCUT2D eigenvalue weighted by molar-refractivity contribution is -0.118. The van der Waals surface area contributed by atoms with Crippen molar-refractivity contribution in [2.45, 2.75) is 37.8 Å². The van der Waals surface area contributed by atoms with Gasteiger partial charge in [0.05, 0.1) is 19.6 Å². The quantitative estimate of drug-likeness (QED) is 0.439. The number of aromatic nitrogens is 1. The zero-order valence-corrected chi connectivity index (χ0v) is 20.4. The van der Waals surface area contributed by atoms with E-state index >= 15 is 0 Å². The molecule has 1 saturated heterocycles. The Morgan fingerprint density at radius 2 is 1.97 bits per heavy atom. The van der Waals surface area contributed by atoms with Gasteiger partial charge in [0, 0.05) is 49.8 Å². The Bertz CT molecular complexity index is 1460. The summed E-state index contributed by atoms with van der Waals surface area (Å²) in [7, 11) is 1.39. The van der Waals surface area contributed by atoms with Crippen LogP contribution in [-0.2, 0) is 17.9 Å². The van der Waals surface area contributed by atoms with E-state index in [2.05, 4.69) is 4.90 Å². The Balaban J connectivity index is 1.46. The minimum absolute atomic E-state index is 0.0150. The molecule has 3 atom stereocenters. The third-order valence-corrected chi connectivity index (χ3v) is 7.26. The van der Waals surface area contributed by atoms with Crippen molar-refractivity contribution in [3.05, 3.63) is 85.8 Å². The predicted octanol–water partition coefficient (Wildman–Crippen LogP) is 1.85. The number of rotatable bonds is 7. The van der Waals surface area contributed by atoms with Gasteiger partial charge in [-0.3, -0.25) is 19.3 Å². The molecule has 37 heavy (non-hydrogen) atoms. The summed E-state index contributed by atoms with van der Waals surface area (Å²) in [5, 5.41) is 20.6. The number of carbonyl (C=O) groups excluding carboxylic acids is 1. The van der Waals surface area contributed by atoms with E-state index in [0.717, 1.165) is 18.7 Å². The highest BCUT2D eigenvalue weighted by Crippen LogP contribution is 2.38. The molecule has 10 nitrogen and oxygen atoms in total. The van der Waals surface area contributed by atoms with Gasteiger partial charge in [0.2, 0.25) is 17.1 Å². The van der Waals surface area contributed by atoms with Crippen LogP contribution in [0, 0.1) is 5.92 Å². The van der Waals surface area contributed by atoms with Crippen LogP contribution < -0.4 is 21.5 Å². The van der Waals surface area contributed by atoms with Crippen molar-refractivity contribution >= 4 is 5.91 Å². The zero-order valence-electron chi connectivity index (χ0n) is 20.4. The van der Waals surface area contributed by atoms with Crippen molar-refractivity contribution in [2.75, 3.05) is 20.2 Å². The average Bonchev–Trinajstić information content (AvgIpc) is 2.86. The van der Waals surface area contributed by atoms with Gasteiger partial charge in [-0.05, 0) is 36.1 Å². The molecule has 5 rings (SSSR count). The number of likely N-dealkylation sites (tertiary alicyclic amines) is 1. The minimum Gasteiger partial charge on any atom is -0.504 e. The monoisotopic (exact) mass is 507 g/mol. The number of pyridine rings is 1. The van der Waals surface area contributed by atoms with E-state index in [-0.39, 0.29) is 35.2 Å². The lowest BCUT2D eigenvalue weighted by Gasteiger charge is -2.42. The van der Waals surface area contributed by atoms with E-state index in [0.29, 0.717) is 36.9 Å². The van der Waals surface area contributed by atoms with Gasteiger partial charge in [0.25, 0.3) is 5.56 Å². The Morgan fingerprint density at radius 1 is 1.16 bits per heavy atom. The number of ether oxygens (including phenoxy) is 1. The Kier molecular flexibility index (Phi) is 6.51. The first-order valence-corrected chi connectivity index (χ1v) is 12.2. The molecule has 1 fully saturated rings. The van der Waals surface area contributed by atoms with Gasteiger partial charge in [0.1, 0.15) is 5.76 Å². The number of piperidine rings is 1. The van der Waals surface area contributed by atoms with Crippen molar-refractivity contribution < 1.29 is 24.2 Å². The van der Waals surface area contributed by atoms with E-state index in [1.54, 1.807) is 18.2 Å². The van der Waals surface area contributed by atoms with Crippen molar-refractivity contribution in [2.24, 2.45) is 11.7 Å². The van der Waals surface area contributed by atoms with Crippen molar-refractivity contribution in [3.8, 4) is 17.2 Å². The van der Waals surface area contributed by atoms with Crippen molar-refractivity contribution in [1.29, 1.82) is 0 Å². The number of primary amides is 1. The second-order valence-corrected chi connectivity index (χ2v) is 9.84. The third-order valence-electron chi connectivity index (χ3n) is 7.26. The summed E-state index contributed by atoms with van der Waals surface area (Å²) in [5.41, 5.74) is 6.39. The van der Waals surface area contributed by atoms with Gasteiger partial charge in [-0.2, -0.15) is 0 Å². The number of aromatic hydroxyl groups is 2. The van der Waals surface area contributed by atoms with Crippen LogP contribution >= 0.6 is 0 Å². The summed E-state index contributed by atoms with van der Waals surface area (Å²) in [5.74, 6) is -1.26. The van der Waals surface area contributed by atoms with Gasteiger partial charge in [-0.1, -0.05) is 12.1 Å². The molecule has 3 aromatic rings. The molecule has 4 N–H and O–H groups in total. The van der Waals surface area contributed by atoms with Crippen LogP contribution in [0.1, 0.15) is 47.5 Å². The molecule has 2 aliphatic rings. The summed E-state index contributed by atoms with van der Waals surface area (Å²) in [6.45, 7) is 2.40. The second kappa shape index (κ2) is 9.78. The SMILES string of the molecule is COc1cc([C@H](CC(N)=O)c2oc(CN3C[C@H]4C[C@@H](C3)c3cccc(=O)n3C4)cc(=O)c2O)ccc1O. The summed E-state index contributed by atoms with van der Waals surface area (Å²) < 4.78 is 13.1. The van der Waals surface area contributed by atoms with Gasteiger partial charge >= 0.3 is 0 Å². The number of amides is 1. The standard InChI is InChI=1S/C27H29N3O7/c1-36-23-8-16(5-6-21(23)31)19(10-24(28)33)27-26(35)22(32)9-18(37-27)14-29-11-15-7-17(13-29)20-3-2-4-25(34)30(20)12-15/h2-6,8-9,15,17,19,31,35H,7,10-14H2,1H3,(H2,28,33)/t15-,17+,19+/m1/s1. The fraction of sp³-hybridized carbons (Fsp3) is 0.370. The highest BCUT2D eigenvalue weighted by Gasteiger charge is 2.35. The molecule has 0 aliphatic carbocycles. The second-order valence-electron chi connectivity index (χ2n) is 9.84. The molecule has 4 heterocycles. The molecule has 1 aromatic carbocycles. The molecule has 2 aliphatic heterocycles. The normalized spacial score (nSPS) is 19.7. The van der Waals surface area contributed by atoms with Crippen LogP contribution in [0.15, 0.2) is 56.5 Å². The van der Waals surface area contributed by atoms with Crippen molar-refractivity contribution in [3.63, 3.8) is 0 Å². The van der Waals surface area contributed by atoms with Gasteiger partial charge < -0.3 is 29.7 Å². The Labute approximate surface area is 212 Å². The lowest BCUT2D eigenvalue weighted by atomic mass is 9.83. The van der Waals surface area contributed by atoms with Gasteiger partial charge in [0.15, 0.2) is 17.3 Å². The van der Waals surface area contributed by atoms with Crippen molar-refractivity contribution in [1.82, 2.24) is 9.47 Å². The number of benzene rings is 1. The van der Waals surface area contributed by atoms with Gasteiger partial charge in [-0.15, -0.1) is 0 Å². The zero-order chi connectivity index (χ0) is 26.3. The maximum Gasteiger partial charge on any atom is 0.250 e. The number of hydrogen-bond donors (Lipinski definition) is 3. The minimum atomic E-state index is -0.862. The van der Waals surface area contributed by atoms with Crippen LogP contribution in [0.2, 0.25) is 0 Å². The number of carbonyl (C=O) groups is 1. The Hall–Kier alpha value is -4.05. The summed E-state index contributed by atoms with van der Waals surface area (Å²) in [4.78, 5) is 39.2. The van der Waals surface area contributed by atoms with E-state index in [1.165, 1.54) is 25.3 Å². The first kappa shape index (κ1) is 24.6. The number of phenols is 1. The molecule has 2 bridgehead atoms. The van der Waals surface area contributed by atoms with E-state index in [4.69, 9.17) is 14.9 Å². The van der Waals surface area contributed by atoms with Crippen LogP contribution in [0.4, 0.5) is 0 Å². The molecule has 1 amide bonds. The summed E-state index contributed by atoms with van der Waals surface area (Å²) in [6, 6.07) is 11.1. The number of methoxy groups -OCH3 is 1. The molecule has 0 unspecified atom stereocenters. The predicted molar refractivity (Wildman–Crippen MR) is 134 cm³/mol. The molecule has 0 spiro atoms. The maximum absolute atomic E-state index is 12.8. The fourth-order valence-corrected chi connectivity index (χ4v) is 5.69. The molecule has 0 radical (unpaired) electrons. The first-order chi connectivity index (χ1) is 17.7. The van der Waals surface area contributed by atoms with Crippen LogP contribution in [-0.4, -0.2) is 45.8 Å². The first-order valence-electron chi connectivity index (χ1n) is 12.2. The molecule has 2 aromatic heterocycles. The highest BCUT2D eigenvalue weighted by atomic mass is 16.5. The average molecular weight is 508 g/mol. The number of phenolic OH excluding ortho intramolecular Hbond substituents is 1. The number of nitrogens with two attached hydrogens (primary N) is 1. The molecule has 10 heteroatoms. The summed E-state index contributed by atoms with van der Waals surface area (Å²) in [6.07, 6.45) is 0.765. The van der Waals surface area contributed by atoms with Crippen LogP contribution in [0.3, 0.4) is 0 Å². The topological polar surface area (TPSA) is 148 Å². The summed E-state index contributed by atoms with van der Waals surface area (Å²) >= 11 is 0. The molecular weight excluding hydrogens is 478 g/mol. The lowest BCUT2D eigenvalue weighted by Crippen LogP contribution is -2.46.